The van der Waals surface area contributed by atoms with Crippen molar-refractivity contribution in [3.05, 3.63) is 24.3 Å². The third kappa shape index (κ3) is 2.98. The molecule has 20 heavy (non-hydrogen) atoms. The van der Waals surface area contributed by atoms with Gasteiger partial charge in [0.05, 0.1) is 0 Å². The molecular formula is C13H16N2O4S. The Morgan fingerprint density at radius 1 is 1.45 bits per heavy atom. The smallest absolute Gasteiger partial charge is 0.327 e. The molecule has 1 unspecified atom stereocenters. The predicted molar refractivity (Wildman–Crippen MR) is 77.4 cm³/mol. The SMILES string of the molecule is CN(C(=O)N1CCSCC1C(=O)O)c1cccc(O)c1. The molecule has 0 aliphatic carbocycles. The highest BCUT2D eigenvalue weighted by Crippen LogP contribution is 2.23. The van der Waals surface area contributed by atoms with Crippen LogP contribution in [0.15, 0.2) is 24.3 Å². The molecule has 1 heterocycles. The van der Waals surface area contributed by atoms with Crippen molar-refractivity contribution in [2.75, 3.05) is 30.0 Å². The van der Waals surface area contributed by atoms with Crippen LogP contribution < -0.4 is 4.90 Å². The van der Waals surface area contributed by atoms with Gasteiger partial charge >= 0.3 is 12.0 Å². The summed E-state index contributed by atoms with van der Waals surface area (Å²) in [6.45, 7) is 0.406. The molecule has 0 aromatic heterocycles. The van der Waals surface area contributed by atoms with Gasteiger partial charge in [-0.1, -0.05) is 6.07 Å². The Morgan fingerprint density at radius 3 is 2.85 bits per heavy atom. The molecule has 6 nitrogen and oxygen atoms in total. The third-order valence-electron chi connectivity index (χ3n) is 3.16. The van der Waals surface area contributed by atoms with E-state index in [0.717, 1.165) is 5.75 Å². The van der Waals surface area contributed by atoms with Crippen molar-refractivity contribution in [3.8, 4) is 5.75 Å². The second-order valence-electron chi connectivity index (χ2n) is 4.48. The maximum absolute atomic E-state index is 12.4. The Kier molecular flexibility index (Phi) is 4.39. The van der Waals surface area contributed by atoms with Gasteiger partial charge in [-0.3, -0.25) is 4.90 Å². The molecule has 2 rings (SSSR count). The van der Waals surface area contributed by atoms with Gasteiger partial charge in [-0.05, 0) is 12.1 Å². The number of carbonyl (C=O) groups is 2. The van der Waals surface area contributed by atoms with E-state index in [4.69, 9.17) is 0 Å². The lowest BCUT2D eigenvalue weighted by molar-refractivity contribution is -0.141. The quantitative estimate of drug-likeness (QED) is 0.863. The van der Waals surface area contributed by atoms with Crippen molar-refractivity contribution in [1.29, 1.82) is 0 Å². The fourth-order valence-electron chi connectivity index (χ4n) is 2.04. The first-order chi connectivity index (χ1) is 9.50. The minimum Gasteiger partial charge on any atom is -0.508 e. The van der Waals surface area contributed by atoms with Crippen LogP contribution in [0.2, 0.25) is 0 Å². The Labute approximate surface area is 121 Å². The van der Waals surface area contributed by atoms with Crippen molar-refractivity contribution < 1.29 is 19.8 Å². The van der Waals surface area contributed by atoms with E-state index >= 15 is 0 Å². The number of anilines is 1. The van der Waals surface area contributed by atoms with E-state index in [1.54, 1.807) is 19.2 Å². The van der Waals surface area contributed by atoms with E-state index in [1.807, 2.05) is 0 Å². The lowest BCUT2D eigenvalue weighted by atomic mass is 10.2. The number of amides is 2. The number of thioether (sulfide) groups is 1. The Morgan fingerprint density at radius 2 is 2.20 bits per heavy atom. The highest BCUT2D eigenvalue weighted by Gasteiger charge is 2.34. The summed E-state index contributed by atoms with van der Waals surface area (Å²) in [6.07, 6.45) is 0. The molecule has 1 aliphatic rings. The number of carbonyl (C=O) groups excluding carboxylic acids is 1. The summed E-state index contributed by atoms with van der Waals surface area (Å²) in [5, 5.41) is 18.6. The summed E-state index contributed by atoms with van der Waals surface area (Å²) >= 11 is 1.53. The second-order valence-corrected chi connectivity index (χ2v) is 5.63. The minimum absolute atomic E-state index is 0.0612. The summed E-state index contributed by atoms with van der Waals surface area (Å²) in [5.41, 5.74) is 0.525. The number of carboxylic acid groups (broad SMARTS) is 1. The first-order valence-corrected chi connectivity index (χ1v) is 7.30. The van der Waals surface area contributed by atoms with Gasteiger partial charge in [0, 0.05) is 36.9 Å². The van der Waals surface area contributed by atoms with Crippen molar-refractivity contribution in [3.63, 3.8) is 0 Å². The predicted octanol–water partition coefficient (Wildman–Crippen LogP) is 1.45. The van der Waals surface area contributed by atoms with Crippen molar-refractivity contribution in [1.82, 2.24) is 4.90 Å². The van der Waals surface area contributed by atoms with Gasteiger partial charge < -0.3 is 15.1 Å². The number of phenolic OH excluding ortho intramolecular Hbond substituents is 1. The molecule has 108 valence electrons. The molecule has 0 spiro atoms. The number of hydrogen-bond acceptors (Lipinski definition) is 4. The van der Waals surface area contributed by atoms with Crippen LogP contribution in [-0.2, 0) is 4.79 Å². The van der Waals surface area contributed by atoms with Gasteiger partial charge in [-0.15, -0.1) is 0 Å². The molecule has 0 radical (unpaired) electrons. The summed E-state index contributed by atoms with van der Waals surface area (Å²) in [4.78, 5) is 26.4. The van der Waals surface area contributed by atoms with Crippen LogP contribution in [0.25, 0.3) is 0 Å². The third-order valence-corrected chi connectivity index (χ3v) is 4.19. The first kappa shape index (κ1) is 14.5. The lowest BCUT2D eigenvalue weighted by Gasteiger charge is -2.35. The molecule has 0 bridgehead atoms. The first-order valence-electron chi connectivity index (χ1n) is 6.14. The van der Waals surface area contributed by atoms with Crippen LogP contribution in [0.3, 0.4) is 0 Å². The number of rotatable bonds is 2. The van der Waals surface area contributed by atoms with Crippen molar-refractivity contribution in [2.24, 2.45) is 0 Å². The standard InChI is InChI=1S/C13H16N2O4S/c1-14(9-3-2-4-10(16)7-9)13(19)15-5-6-20-8-11(15)12(17)18/h2-4,7,11,16H,5-6,8H2,1H3,(H,17,18). The zero-order valence-corrected chi connectivity index (χ0v) is 11.8. The highest BCUT2D eigenvalue weighted by atomic mass is 32.2. The van der Waals surface area contributed by atoms with E-state index in [2.05, 4.69) is 0 Å². The summed E-state index contributed by atoms with van der Waals surface area (Å²) in [7, 11) is 1.57. The Balaban J connectivity index is 2.18. The number of benzene rings is 1. The van der Waals surface area contributed by atoms with Crippen LogP contribution in [0, 0.1) is 0 Å². The molecule has 0 saturated carbocycles. The van der Waals surface area contributed by atoms with Crippen molar-refractivity contribution >= 4 is 29.4 Å². The fourth-order valence-corrected chi connectivity index (χ4v) is 3.08. The van der Waals surface area contributed by atoms with Crippen LogP contribution in [-0.4, -0.2) is 58.3 Å². The Hall–Kier alpha value is -1.89. The average molecular weight is 296 g/mol. The van der Waals surface area contributed by atoms with E-state index < -0.39 is 12.0 Å². The molecule has 7 heteroatoms. The molecule has 1 aromatic rings. The van der Waals surface area contributed by atoms with Crippen LogP contribution in [0.4, 0.5) is 10.5 Å². The van der Waals surface area contributed by atoms with E-state index in [-0.39, 0.29) is 11.8 Å². The number of aromatic hydroxyl groups is 1. The molecule has 2 amide bonds. The highest BCUT2D eigenvalue weighted by molar-refractivity contribution is 7.99. The average Bonchev–Trinajstić information content (AvgIpc) is 2.45. The summed E-state index contributed by atoms with van der Waals surface area (Å²) in [5.74, 6) is 0.194. The molecule has 1 saturated heterocycles. The molecule has 1 aliphatic heterocycles. The molecule has 1 aromatic carbocycles. The number of hydrogen-bond donors (Lipinski definition) is 2. The number of aliphatic carboxylic acids is 1. The van der Waals surface area contributed by atoms with Gasteiger partial charge in [-0.25, -0.2) is 9.59 Å². The zero-order valence-electron chi connectivity index (χ0n) is 11.0. The number of phenols is 1. The summed E-state index contributed by atoms with van der Waals surface area (Å²) < 4.78 is 0. The van der Waals surface area contributed by atoms with Gasteiger partial charge in [-0.2, -0.15) is 11.8 Å². The second kappa shape index (κ2) is 6.04. The topological polar surface area (TPSA) is 81.1 Å². The number of nitrogens with zero attached hydrogens (tertiary/aromatic N) is 2. The Bertz CT molecular complexity index is 523. The minimum atomic E-state index is -0.991. The normalized spacial score (nSPS) is 18.6. The van der Waals surface area contributed by atoms with Gasteiger partial charge in [0.1, 0.15) is 11.8 Å². The monoisotopic (exact) mass is 296 g/mol. The largest absolute Gasteiger partial charge is 0.508 e. The van der Waals surface area contributed by atoms with Crippen molar-refractivity contribution in [2.45, 2.75) is 6.04 Å². The molecule has 2 N–H and O–H groups in total. The van der Waals surface area contributed by atoms with Gasteiger partial charge in [0.25, 0.3) is 0 Å². The van der Waals surface area contributed by atoms with E-state index in [9.17, 15) is 19.8 Å². The fraction of sp³-hybridized carbons (Fsp3) is 0.385. The summed E-state index contributed by atoms with van der Waals surface area (Å²) in [6, 6.07) is 5.12. The van der Waals surface area contributed by atoms with Crippen LogP contribution in [0.5, 0.6) is 5.75 Å². The maximum atomic E-state index is 12.4. The molecular weight excluding hydrogens is 280 g/mol. The number of urea groups is 1. The maximum Gasteiger partial charge on any atom is 0.327 e. The zero-order chi connectivity index (χ0) is 14.7. The number of carboxylic acids is 1. The van der Waals surface area contributed by atoms with E-state index in [1.165, 1.54) is 33.7 Å². The van der Waals surface area contributed by atoms with Gasteiger partial charge in [0.15, 0.2) is 0 Å². The van der Waals surface area contributed by atoms with Crippen LogP contribution >= 0.6 is 11.8 Å². The molecule has 1 fully saturated rings. The van der Waals surface area contributed by atoms with Gasteiger partial charge in [0.2, 0.25) is 0 Å². The lowest BCUT2D eigenvalue weighted by Crippen LogP contribution is -2.54. The molecule has 1 atom stereocenters. The van der Waals surface area contributed by atoms with E-state index in [0.29, 0.717) is 18.0 Å². The van der Waals surface area contributed by atoms with Crippen LogP contribution in [0.1, 0.15) is 0 Å².